The summed E-state index contributed by atoms with van der Waals surface area (Å²) in [7, 11) is 0. The van der Waals surface area contributed by atoms with E-state index >= 15 is 0 Å². The highest BCUT2D eigenvalue weighted by atomic mass is 16.3. The molecule has 0 amide bonds. The summed E-state index contributed by atoms with van der Waals surface area (Å²) in [5, 5.41) is 25.2. The number of hydrogen-bond acceptors (Lipinski definition) is 3. The van der Waals surface area contributed by atoms with Gasteiger partial charge in [0.1, 0.15) is 0 Å². The van der Waals surface area contributed by atoms with E-state index in [1.165, 1.54) is 96.3 Å². The molecule has 168 valence electrons. The van der Waals surface area contributed by atoms with Crippen LogP contribution in [0.15, 0.2) is 0 Å². The standard InChI is InChI=1S/C10H22O.C8H18O.C6H14O/c1-2-3-4-5-6-7-8-9-10-11;1-2-3-4-5-6-7-8-9;1-2-3-4-5-6-7/h11H,2-10H2,1H3;9H,2-8H2,1H3;7H,2-6H2,1H3. The highest BCUT2D eigenvalue weighted by molar-refractivity contribution is 4.44. The molecule has 0 heterocycles. The Morgan fingerprint density at radius 1 is 0.296 bits per heavy atom. The van der Waals surface area contributed by atoms with Gasteiger partial charge in [-0.1, -0.05) is 117 Å². The van der Waals surface area contributed by atoms with Gasteiger partial charge >= 0.3 is 0 Å². The summed E-state index contributed by atoms with van der Waals surface area (Å²) < 4.78 is 0. The lowest BCUT2D eigenvalue weighted by Gasteiger charge is -1.98. The maximum absolute atomic E-state index is 8.51. The van der Waals surface area contributed by atoms with Gasteiger partial charge in [0.05, 0.1) is 0 Å². The van der Waals surface area contributed by atoms with E-state index in [1.807, 2.05) is 0 Å². The van der Waals surface area contributed by atoms with Crippen molar-refractivity contribution in [2.45, 2.75) is 136 Å². The van der Waals surface area contributed by atoms with Gasteiger partial charge in [0, 0.05) is 19.8 Å². The summed E-state index contributed by atoms with van der Waals surface area (Å²) in [4.78, 5) is 0. The van der Waals surface area contributed by atoms with Crippen LogP contribution in [0.2, 0.25) is 0 Å². The van der Waals surface area contributed by atoms with E-state index in [-0.39, 0.29) is 0 Å². The van der Waals surface area contributed by atoms with Crippen LogP contribution in [0.1, 0.15) is 136 Å². The highest BCUT2D eigenvalue weighted by Gasteiger charge is 1.89. The fourth-order valence-corrected chi connectivity index (χ4v) is 2.68. The van der Waals surface area contributed by atoms with Gasteiger partial charge in [-0.25, -0.2) is 0 Å². The second-order valence-electron chi connectivity index (χ2n) is 7.47. The second-order valence-corrected chi connectivity index (χ2v) is 7.47. The van der Waals surface area contributed by atoms with Crippen molar-refractivity contribution in [2.75, 3.05) is 19.8 Å². The predicted molar refractivity (Wildman–Crippen MR) is 121 cm³/mol. The van der Waals surface area contributed by atoms with Gasteiger partial charge in [-0.15, -0.1) is 0 Å². The smallest absolute Gasteiger partial charge is 0.0431 e. The molecule has 0 aliphatic heterocycles. The molecular formula is C24H54O3. The Bertz CT molecular complexity index is 180. The van der Waals surface area contributed by atoms with Crippen LogP contribution in [-0.2, 0) is 0 Å². The summed E-state index contributed by atoms with van der Waals surface area (Å²) in [6, 6.07) is 0. The molecule has 0 saturated heterocycles. The maximum atomic E-state index is 8.51. The zero-order valence-corrected chi connectivity index (χ0v) is 19.2. The van der Waals surface area contributed by atoms with Gasteiger partial charge in [-0.3, -0.25) is 0 Å². The van der Waals surface area contributed by atoms with Crippen molar-refractivity contribution < 1.29 is 15.3 Å². The summed E-state index contributed by atoms with van der Waals surface area (Å²) in [6.07, 6.45) is 22.6. The first-order valence-electron chi connectivity index (χ1n) is 12.1. The molecule has 0 aromatic heterocycles. The molecule has 3 heteroatoms. The summed E-state index contributed by atoms with van der Waals surface area (Å²) in [5.74, 6) is 0. The first-order chi connectivity index (χ1) is 13.2. The molecule has 0 rings (SSSR count). The predicted octanol–water partition coefficient (Wildman–Crippen LogP) is 7.02. The molecule has 0 aliphatic carbocycles. The van der Waals surface area contributed by atoms with E-state index < -0.39 is 0 Å². The molecule has 0 radical (unpaired) electrons. The Kier molecular flexibility index (Phi) is 43.0. The van der Waals surface area contributed by atoms with Gasteiger partial charge < -0.3 is 15.3 Å². The van der Waals surface area contributed by atoms with Gasteiger partial charge in [0.25, 0.3) is 0 Å². The summed E-state index contributed by atoms with van der Waals surface area (Å²) in [5.41, 5.74) is 0. The second kappa shape index (κ2) is 36.7. The van der Waals surface area contributed by atoms with E-state index in [9.17, 15) is 0 Å². The Hall–Kier alpha value is -0.120. The summed E-state index contributed by atoms with van der Waals surface area (Å²) >= 11 is 0. The van der Waals surface area contributed by atoms with Crippen LogP contribution in [0.25, 0.3) is 0 Å². The van der Waals surface area contributed by atoms with Gasteiger partial charge in [-0.05, 0) is 19.3 Å². The molecule has 0 bridgehead atoms. The van der Waals surface area contributed by atoms with Crippen molar-refractivity contribution in [1.29, 1.82) is 0 Å². The minimum absolute atomic E-state index is 0.361. The van der Waals surface area contributed by atoms with Crippen molar-refractivity contribution in [1.82, 2.24) is 0 Å². The first-order valence-corrected chi connectivity index (χ1v) is 12.1. The third kappa shape index (κ3) is 46.2. The molecule has 0 aliphatic rings. The molecule has 3 nitrogen and oxygen atoms in total. The zero-order valence-electron chi connectivity index (χ0n) is 19.2. The van der Waals surface area contributed by atoms with E-state index in [0.717, 1.165) is 19.3 Å². The van der Waals surface area contributed by atoms with Crippen molar-refractivity contribution in [3.8, 4) is 0 Å². The van der Waals surface area contributed by atoms with Crippen molar-refractivity contribution in [2.24, 2.45) is 0 Å². The summed E-state index contributed by atoms with van der Waals surface area (Å²) in [6.45, 7) is 7.72. The lowest BCUT2D eigenvalue weighted by Crippen LogP contribution is -1.83. The van der Waals surface area contributed by atoms with Gasteiger partial charge in [-0.2, -0.15) is 0 Å². The molecule has 27 heavy (non-hydrogen) atoms. The number of aliphatic hydroxyl groups excluding tert-OH is 3. The van der Waals surface area contributed by atoms with Crippen LogP contribution in [0.3, 0.4) is 0 Å². The minimum Gasteiger partial charge on any atom is -0.396 e. The van der Waals surface area contributed by atoms with Crippen LogP contribution in [-0.4, -0.2) is 35.1 Å². The zero-order chi connectivity index (χ0) is 20.8. The Morgan fingerprint density at radius 2 is 0.481 bits per heavy atom. The number of aliphatic hydroxyl groups is 3. The molecule has 0 unspecified atom stereocenters. The van der Waals surface area contributed by atoms with Gasteiger partial charge in [0.2, 0.25) is 0 Å². The number of rotatable bonds is 18. The molecule has 0 spiro atoms. The normalized spacial score (nSPS) is 10.0. The largest absolute Gasteiger partial charge is 0.396 e. The van der Waals surface area contributed by atoms with Crippen molar-refractivity contribution >= 4 is 0 Å². The van der Waals surface area contributed by atoms with E-state index in [0.29, 0.717) is 19.8 Å². The molecular weight excluding hydrogens is 336 g/mol. The molecule has 0 saturated carbocycles. The van der Waals surface area contributed by atoms with Gasteiger partial charge in [0.15, 0.2) is 0 Å². The molecule has 0 aromatic rings. The van der Waals surface area contributed by atoms with E-state index in [1.54, 1.807) is 0 Å². The topological polar surface area (TPSA) is 60.7 Å². The molecule has 3 N–H and O–H groups in total. The van der Waals surface area contributed by atoms with Crippen LogP contribution in [0.5, 0.6) is 0 Å². The number of unbranched alkanes of at least 4 members (excludes halogenated alkanes) is 15. The Labute approximate surface area is 172 Å². The fraction of sp³-hybridized carbons (Fsp3) is 1.00. The lowest BCUT2D eigenvalue weighted by molar-refractivity contribution is 0.282. The average Bonchev–Trinajstić information content (AvgIpc) is 2.69. The minimum atomic E-state index is 0.361. The van der Waals surface area contributed by atoms with E-state index in [4.69, 9.17) is 15.3 Å². The monoisotopic (exact) mass is 390 g/mol. The molecule has 0 aromatic carbocycles. The molecule has 0 fully saturated rings. The van der Waals surface area contributed by atoms with Crippen LogP contribution in [0.4, 0.5) is 0 Å². The van der Waals surface area contributed by atoms with Crippen LogP contribution in [0, 0.1) is 0 Å². The Balaban J connectivity index is -0.000000329. The van der Waals surface area contributed by atoms with Crippen LogP contribution < -0.4 is 0 Å². The SMILES string of the molecule is CCCCCCCCCCO.CCCCCCCCO.CCCCCCO. The fourth-order valence-electron chi connectivity index (χ4n) is 2.68. The van der Waals surface area contributed by atoms with Crippen molar-refractivity contribution in [3.63, 3.8) is 0 Å². The first kappa shape index (κ1) is 31.6. The average molecular weight is 391 g/mol. The maximum Gasteiger partial charge on any atom is 0.0431 e. The van der Waals surface area contributed by atoms with Crippen LogP contribution >= 0.6 is 0 Å². The highest BCUT2D eigenvalue weighted by Crippen LogP contribution is 2.07. The Morgan fingerprint density at radius 3 is 0.704 bits per heavy atom. The third-order valence-corrected chi connectivity index (χ3v) is 4.54. The third-order valence-electron chi connectivity index (χ3n) is 4.54. The quantitative estimate of drug-likeness (QED) is 0.220. The van der Waals surface area contributed by atoms with Crippen molar-refractivity contribution in [3.05, 3.63) is 0 Å². The van der Waals surface area contributed by atoms with E-state index in [2.05, 4.69) is 20.8 Å². The lowest BCUT2D eigenvalue weighted by atomic mass is 10.1. The molecule has 0 atom stereocenters. The number of hydrogen-bond donors (Lipinski definition) is 3.